The summed E-state index contributed by atoms with van der Waals surface area (Å²) in [6, 6.07) is 5.69. The lowest BCUT2D eigenvalue weighted by Crippen LogP contribution is -2.47. The van der Waals surface area contributed by atoms with Gasteiger partial charge in [0.1, 0.15) is 5.82 Å². The minimum Gasteiger partial charge on any atom is -0.493 e. The first kappa shape index (κ1) is 19.9. The molecule has 1 saturated heterocycles. The summed E-state index contributed by atoms with van der Waals surface area (Å²) >= 11 is 1.45. The molecule has 0 bridgehead atoms. The SMILES string of the molecule is COc1ccc([C@@H](c2sc3nc(C)nn3c2O)N2C[C@@H](C)O[C@H](C)C2)cc1OC. The molecule has 9 heteroatoms. The van der Waals surface area contributed by atoms with Crippen LogP contribution in [0.1, 0.15) is 36.2 Å². The van der Waals surface area contributed by atoms with E-state index in [0.29, 0.717) is 22.3 Å². The predicted molar refractivity (Wildman–Crippen MR) is 110 cm³/mol. The van der Waals surface area contributed by atoms with Crippen LogP contribution >= 0.6 is 11.3 Å². The van der Waals surface area contributed by atoms with Crippen molar-refractivity contribution in [1.29, 1.82) is 0 Å². The van der Waals surface area contributed by atoms with Crippen LogP contribution < -0.4 is 9.47 Å². The van der Waals surface area contributed by atoms with Gasteiger partial charge in [-0.15, -0.1) is 5.10 Å². The minimum atomic E-state index is -0.183. The Hall–Kier alpha value is -2.36. The van der Waals surface area contributed by atoms with Crippen molar-refractivity contribution in [3.8, 4) is 17.4 Å². The van der Waals surface area contributed by atoms with Crippen LogP contribution in [0.2, 0.25) is 0 Å². The molecule has 0 unspecified atom stereocenters. The maximum Gasteiger partial charge on any atom is 0.230 e. The summed E-state index contributed by atoms with van der Waals surface area (Å²) < 4.78 is 18.4. The van der Waals surface area contributed by atoms with Crippen LogP contribution in [0.5, 0.6) is 17.4 Å². The lowest BCUT2D eigenvalue weighted by molar-refractivity contribution is -0.0764. The van der Waals surface area contributed by atoms with Gasteiger partial charge in [-0.05, 0) is 38.5 Å². The molecule has 3 atom stereocenters. The van der Waals surface area contributed by atoms with E-state index in [2.05, 4.69) is 28.8 Å². The van der Waals surface area contributed by atoms with Gasteiger partial charge in [-0.2, -0.15) is 4.52 Å². The molecule has 1 aromatic carbocycles. The Balaban J connectivity index is 1.85. The van der Waals surface area contributed by atoms with Crippen molar-refractivity contribution in [2.24, 2.45) is 0 Å². The average Bonchev–Trinajstić information content (AvgIpc) is 3.18. The molecule has 0 amide bonds. The van der Waals surface area contributed by atoms with Gasteiger partial charge in [-0.3, -0.25) is 4.90 Å². The van der Waals surface area contributed by atoms with E-state index in [0.717, 1.165) is 23.5 Å². The van der Waals surface area contributed by atoms with Crippen LogP contribution in [-0.2, 0) is 4.74 Å². The lowest BCUT2D eigenvalue weighted by Gasteiger charge is -2.40. The second kappa shape index (κ2) is 7.81. The maximum atomic E-state index is 11.0. The second-order valence-corrected chi connectivity index (χ2v) is 8.38. The molecule has 3 aromatic rings. The molecule has 29 heavy (non-hydrogen) atoms. The summed E-state index contributed by atoms with van der Waals surface area (Å²) in [6.07, 6.45) is 0.181. The first-order valence-electron chi connectivity index (χ1n) is 9.57. The molecule has 1 aliphatic rings. The monoisotopic (exact) mass is 418 g/mol. The summed E-state index contributed by atoms with van der Waals surface area (Å²) in [5.41, 5.74) is 1.00. The Morgan fingerprint density at radius 2 is 1.86 bits per heavy atom. The maximum absolute atomic E-state index is 11.0. The minimum absolute atomic E-state index is 0.0907. The fraction of sp³-hybridized carbons (Fsp3) is 0.500. The number of ether oxygens (including phenoxy) is 3. The van der Waals surface area contributed by atoms with Gasteiger partial charge in [0.25, 0.3) is 0 Å². The Morgan fingerprint density at radius 3 is 2.48 bits per heavy atom. The quantitative estimate of drug-likeness (QED) is 0.682. The number of aromatic nitrogens is 3. The van der Waals surface area contributed by atoms with Crippen molar-refractivity contribution in [2.75, 3.05) is 27.3 Å². The summed E-state index contributed by atoms with van der Waals surface area (Å²) in [4.78, 5) is 8.24. The molecule has 0 aliphatic carbocycles. The lowest BCUT2D eigenvalue weighted by atomic mass is 10.0. The third-order valence-corrected chi connectivity index (χ3v) is 6.16. The zero-order chi connectivity index (χ0) is 20.7. The number of aromatic hydroxyl groups is 1. The van der Waals surface area contributed by atoms with Gasteiger partial charge >= 0.3 is 0 Å². The Kier molecular flexibility index (Phi) is 5.37. The standard InChI is InChI=1S/C20H26N4O4S/c1-11-9-23(10-12(2)28-11)17(14-6-7-15(26-4)16(8-14)27-5)18-19(25)24-20(29-18)21-13(3)22-24/h6-8,11-12,17,25H,9-10H2,1-5H3/t11-,12-,17+/m1/s1. The van der Waals surface area contributed by atoms with E-state index >= 15 is 0 Å². The number of aryl methyl sites for hydroxylation is 1. The van der Waals surface area contributed by atoms with E-state index < -0.39 is 0 Å². The van der Waals surface area contributed by atoms with Crippen LogP contribution in [0.15, 0.2) is 18.2 Å². The highest BCUT2D eigenvalue weighted by atomic mass is 32.1. The molecule has 4 rings (SSSR count). The fourth-order valence-corrected chi connectivity index (χ4v) is 5.17. The van der Waals surface area contributed by atoms with E-state index in [9.17, 15) is 5.11 Å². The number of rotatable bonds is 5. The van der Waals surface area contributed by atoms with E-state index in [4.69, 9.17) is 14.2 Å². The Labute approximate surface area is 173 Å². The van der Waals surface area contributed by atoms with Crippen molar-refractivity contribution in [2.45, 2.75) is 39.0 Å². The average molecular weight is 419 g/mol. The molecule has 0 saturated carbocycles. The molecule has 0 spiro atoms. The van der Waals surface area contributed by atoms with Gasteiger partial charge in [0.05, 0.1) is 37.3 Å². The number of nitrogens with zero attached hydrogens (tertiary/aromatic N) is 4. The van der Waals surface area contributed by atoms with Gasteiger partial charge in [-0.25, -0.2) is 4.98 Å². The molecule has 156 valence electrons. The number of hydrogen-bond acceptors (Lipinski definition) is 8. The van der Waals surface area contributed by atoms with E-state index in [1.165, 1.54) is 15.9 Å². The smallest absolute Gasteiger partial charge is 0.230 e. The highest BCUT2D eigenvalue weighted by Crippen LogP contribution is 2.42. The van der Waals surface area contributed by atoms with Crippen LogP contribution in [-0.4, -0.2) is 64.1 Å². The zero-order valence-electron chi connectivity index (χ0n) is 17.2. The number of benzene rings is 1. The van der Waals surface area contributed by atoms with E-state index in [1.54, 1.807) is 14.2 Å². The molecule has 1 N–H and O–H groups in total. The molecule has 3 heterocycles. The van der Waals surface area contributed by atoms with Crippen molar-refractivity contribution >= 4 is 16.3 Å². The van der Waals surface area contributed by atoms with Gasteiger partial charge in [0, 0.05) is 13.1 Å². The topological polar surface area (TPSA) is 81.4 Å². The fourth-order valence-electron chi connectivity index (χ4n) is 4.01. The summed E-state index contributed by atoms with van der Waals surface area (Å²) in [5.74, 6) is 2.08. The Bertz CT molecular complexity index is 1010. The van der Waals surface area contributed by atoms with E-state index in [1.807, 2.05) is 25.1 Å². The number of methoxy groups -OCH3 is 2. The summed E-state index contributed by atoms with van der Waals surface area (Å²) in [7, 11) is 3.24. The van der Waals surface area contributed by atoms with Gasteiger partial charge in [0.15, 0.2) is 11.5 Å². The van der Waals surface area contributed by atoms with Crippen molar-refractivity contribution in [1.82, 2.24) is 19.5 Å². The molecular weight excluding hydrogens is 392 g/mol. The summed E-state index contributed by atoms with van der Waals surface area (Å²) in [6.45, 7) is 7.45. The van der Waals surface area contributed by atoms with Crippen LogP contribution in [0.3, 0.4) is 0 Å². The molecule has 2 aromatic heterocycles. The van der Waals surface area contributed by atoms with Gasteiger partial charge in [-0.1, -0.05) is 17.4 Å². The molecule has 1 fully saturated rings. The number of morpholine rings is 1. The zero-order valence-corrected chi connectivity index (χ0v) is 18.1. The van der Waals surface area contributed by atoms with E-state index in [-0.39, 0.29) is 24.1 Å². The first-order valence-corrected chi connectivity index (χ1v) is 10.4. The summed E-state index contributed by atoms with van der Waals surface area (Å²) in [5, 5.41) is 15.3. The third kappa shape index (κ3) is 3.65. The predicted octanol–water partition coefficient (Wildman–Crippen LogP) is 3.02. The number of thiazole rings is 1. The highest BCUT2D eigenvalue weighted by Gasteiger charge is 2.34. The molecular formula is C20H26N4O4S. The van der Waals surface area contributed by atoms with Crippen LogP contribution in [0, 0.1) is 6.92 Å². The van der Waals surface area contributed by atoms with Crippen molar-refractivity contribution in [3.63, 3.8) is 0 Å². The number of fused-ring (bicyclic) bond motifs is 1. The molecule has 1 aliphatic heterocycles. The highest BCUT2D eigenvalue weighted by molar-refractivity contribution is 7.17. The third-order valence-electron chi connectivity index (χ3n) is 5.09. The normalized spacial score (nSPS) is 21.4. The van der Waals surface area contributed by atoms with Crippen LogP contribution in [0.25, 0.3) is 4.96 Å². The van der Waals surface area contributed by atoms with Crippen molar-refractivity contribution in [3.05, 3.63) is 34.5 Å². The largest absolute Gasteiger partial charge is 0.493 e. The molecule has 0 radical (unpaired) electrons. The second-order valence-electron chi connectivity index (χ2n) is 7.37. The first-order chi connectivity index (χ1) is 13.9. The van der Waals surface area contributed by atoms with Gasteiger partial charge < -0.3 is 19.3 Å². The van der Waals surface area contributed by atoms with Gasteiger partial charge in [0.2, 0.25) is 10.8 Å². The Morgan fingerprint density at radius 1 is 1.17 bits per heavy atom. The number of hydrogen-bond donors (Lipinski definition) is 1. The van der Waals surface area contributed by atoms with Crippen LogP contribution in [0.4, 0.5) is 0 Å². The van der Waals surface area contributed by atoms with Crippen molar-refractivity contribution < 1.29 is 19.3 Å². The molecule has 8 nitrogen and oxygen atoms in total.